The highest BCUT2D eigenvalue weighted by Crippen LogP contribution is 2.37. The van der Waals surface area contributed by atoms with Crippen molar-refractivity contribution in [2.75, 3.05) is 12.1 Å². The van der Waals surface area contributed by atoms with Crippen LogP contribution in [0.3, 0.4) is 0 Å². The van der Waals surface area contributed by atoms with E-state index in [9.17, 15) is 9.59 Å². The van der Waals surface area contributed by atoms with Gasteiger partial charge in [0.25, 0.3) is 11.5 Å². The van der Waals surface area contributed by atoms with Gasteiger partial charge in [-0.05, 0) is 43.2 Å². The lowest BCUT2D eigenvalue weighted by Crippen LogP contribution is -2.25. The minimum atomic E-state index is -0.369. The van der Waals surface area contributed by atoms with E-state index in [-0.39, 0.29) is 35.7 Å². The average Bonchev–Trinajstić information content (AvgIpc) is 3.46. The molecule has 0 saturated heterocycles. The molecule has 1 aliphatic carbocycles. The van der Waals surface area contributed by atoms with E-state index in [2.05, 4.69) is 15.7 Å². The number of nitrogens with zero attached hydrogens (tertiary/aromatic N) is 2. The average molecular weight is 420 g/mol. The topological polar surface area (TPSA) is 104 Å². The lowest BCUT2D eigenvalue weighted by molar-refractivity contribution is 0.0951. The summed E-state index contributed by atoms with van der Waals surface area (Å²) in [4.78, 5) is 25.1. The fraction of sp³-hybridized carbons (Fsp3) is 0.227. The van der Waals surface area contributed by atoms with Gasteiger partial charge in [0.05, 0.1) is 6.20 Å². The monoisotopic (exact) mass is 420 g/mol. The molecule has 1 amide bonds. The zero-order chi connectivity index (χ0) is 21.4. The van der Waals surface area contributed by atoms with E-state index in [0.29, 0.717) is 28.5 Å². The van der Waals surface area contributed by atoms with Crippen LogP contribution in [0.25, 0.3) is 0 Å². The SMILES string of the molecule is Cn1ncc(Oc2ccc3c(c2)OCO3)c(Nc2cccc(C(=O)NC3CC3)c2)c1=O. The molecular formula is C22H20N4O5. The molecule has 0 spiro atoms. The van der Waals surface area contributed by atoms with Crippen molar-refractivity contribution in [1.29, 1.82) is 0 Å². The number of carbonyl (C=O) groups is 1. The van der Waals surface area contributed by atoms with Crippen molar-refractivity contribution in [3.63, 3.8) is 0 Å². The van der Waals surface area contributed by atoms with Gasteiger partial charge in [-0.25, -0.2) is 4.68 Å². The molecule has 1 saturated carbocycles. The highest BCUT2D eigenvalue weighted by atomic mass is 16.7. The molecule has 0 atom stereocenters. The van der Waals surface area contributed by atoms with E-state index >= 15 is 0 Å². The number of aryl methyl sites for hydroxylation is 1. The number of hydrogen-bond donors (Lipinski definition) is 2. The largest absolute Gasteiger partial charge is 0.454 e. The molecule has 2 aromatic carbocycles. The summed E-state index contributed by atoms with van der Waals surface area (Å²) in [6.45, 7) is 0.156. The van der Waals surface area contributed by atoms with Crippen LogP contribution in [0.2, 0.25) is 0 Å². The maximum absolute atomic E-state index is 12.8. The zero-order valence-electron chi connectivity index (χ0n) is 16.8. The van der Waals surface area contributed by atoms with Gasteiger partial charge in [-0.15, -0.1) is 0 Å². The van der Waals surface area contributed by atoms with Crippen LogP contribution in [-0.4, -0.2) is 28.5 Å². The van der Waals surface area contributed by atoms with E-state index in [1.165, 1.54) is 10.9 Å². The van der Waals surface area contributed by atoms with Crippen LogP contribution in [0.5, 0.6) is 23.0 Å². The smallest absolute Gasteiger partial charge is 0.294 e. The first-order valence-corrected chi connectivity index (χ1v) is 9.88. The second-order valence-corrected chi connectivity index (χ2v) is 7.38. The Morgan fingerprint density at radius 3 is 2.84 bits per heavy atom. The number of aromatic nitrogens is 2. The van der Waals surface area contributed by atoms with Crippen LogP contribution in [0.15, 0.2) is 53.5 Å². The fourth-order valence-corrected chi connectivity index (χ4v) is 3.16. The molecule has 9 nitrogen and oxygen atoms in total. The van der Waals surface area contributed by atoms with Crippen molar-refractivity contribution in [3.8, 4) is 23.0 Å². The lowest BCUT2D eigenvalue weighted by Gasteiger charge is -2.14. The molecule has 0 unspecified atom stereocenters. The van der Waals surface area contributed by atoms with Gasteiger partial charge in [0.2, 0.25) is 6.79 Å². The highest BCUT2D eigenvalue weighted by Gasteiger charge is 2.24. The molecule has 0 bridgehead atoms. The third kappa shape index (κ3) is 4.02. The molecule has 1 aromatic heterocycles. The van der Waals surface area contributed by atoms with Gasteiger partial charge in [0.1, 0.15) is 5.75 Å². The first kappa shape index (κ1) is 19.0. The third-order valence-electron chi connectivity index (χ3n) is 4.98. The Balaban J connectivity index is 1.43. The van der Waals surface area contributed by atoms with E-state index in [0.717, 1.165) is 12.8 Å². The van der Waals surface area contributed by atoms with Crippen LogP contribution in [0.1, 0.15) is 23.2 Å². The maximum Gasteiger partial charge on any atom is 0.294 e. The summed E-state index contributed by atoms with van der Waals surface area (Å²) in [5.41, 5.74) is 0.935. The highest BCUT2D eigenvalue weighted by molar-refractivity contribution is 5.95. The molecule has 158 valence electrons. The summed E-state index contributed by atoms with van der Waals surface area (Å²) in [7, 11) is 1.55. The molecule has 9 heteroatoms. The van der Waals surface area contributed by atoms with Crippen LogP contribution < -0.4 is 30.4 Å². The second-order valence-electron chi connectivity index (χ2n) is 7.38. The fourth-order valence-electron chi connectivity index (χ4n) is 3.16. The van der Waals surface area contributed by atoms with Gasteiger partial charge in [-0.2, -0.15) is 5.10 Å². The van der Waals surface area contributed by atoms with E-state index in [1.807, 2.05) is 0 Å². The van der Waals surface area contributed by atoms with Crippen LogP contribution in [0, 0.1) is 0 Å². The van der Waals surface area contributed by atoms with E-state index < -0.39 is 0 Å². The van der Waals surface area contributed by atoms with Gasteiger partial charge in [0, 0.05) is 30.4 Å². The summed E-state index contributed by atoms with van der Waals surface area (Å²) in [5, 5.41) is 10.1. The minimum absolute atomic E-state index is 0.134. The molecule has 5 rings (SSSR count). The summed E-state index contributed by atoms with van der Waals surface area (Å²) < 4.78 is 17.8. The Bertz CT molecular complexity index is 1220. The van der Waals surface area contributed by atoms with Crippen LogP contribution in [0.4, 0.5) is 11.4 Å². The number of benzene rings is 2. The van der Waals surface area contributed by atoms with Crippen molar-refractivity contribution < 1.29 is 19.0 Å². The van der Waals surface area contributed by atoms with Crippen LogP contribution in [-0.2, 0) is 7.05 Å². The van der Waals surface area contributed by atoms with Crippen molar-refractivity contribution >= 4 is 17.3 Å². The normalized spacial score (nSPS) is 14.2. The molecule has 1 fully saturated rings. The minimum Gasteiger partial charge on any atom is -0.454 e. The number of carbonyl (C=O) groups excluding carboxylic acids is 1. The number of nitrogens with one attached hydrogen (secondary N) is 2. The second kappa shape index (κ2) is 7.67. The molecule has 2 aliphatic rings. The third-order valence-corrected chi connectivity index (χ3v) is 4.98. The molecule has 2 N–H and O–H groups in total. The first-order chi connectivity index (χ1) is 15.1. The molecule has 0 radical (unpaired) electrons. The molecule has 2 heterocycles. The predicted octanol–water partition coefficient (Wildman–Crippen LogP) is 2.94. The first-order valence-electron chi connectivity index (χ1n) is 9.88. The number of amides is 1. The van der Waals surface area contributed by atoms with Gasteiger partial charge < -0.3 is 24.8 Å². The van der Waals surface area contributed by atoms with Crippen molar-refractivity contribution in [2.45, 2.75) is 18.9 Å². The number of rotatable bonds is 6. The zero-order valence-corrected chi connectivity index (χ0v) is 16.8. The van der Waals surface area contributed by atoms with Gasteiger partial charge in [0.15, 0.2) is 22.9 Å². The van der Waals surface area contributed by atoms with Gasteiger partial charge in [-0.1, -0.05) is 6.07 Å². The molecule has 3 aromatic rings. The molecular weight excluding hydrogens is 400 g/mol. The standard InChI is InChI=1S/C22H20N4O5/c1-26-22(28)20(24-15-4-2-3-13(9-15)21(27)25-14-5-6-14)19(11-23-26)31-16-7-8-17-18(10-16)30-12-29-17/h2-4,7-11,14,24H,5-6,12H2,1H3,(H,25,27). The van der Waals surface area contributed by atoms with Crippen LogP contribution >= 0.6 is 0 Å². The Kier molecular flexibility index (Phi) is 4.70. The summed E-state index contributed by atoms with van der Waals surface area (Å²) in [6.07, 6.45) is 3.48. The number of hydrogen-bond acceptors (Lipinski definition) is 7. The Morgan fingerprint density at radius 1 is 1.16 bits per heavy atom. The number of ether oxygens (including phenoxy) is 3. The van der Waals surface area contributed by atoms with Gasteiger partial charge in [-0.3, -0.25) is 9.59 Å². The lowest BCUT2D eigenvalue weighted by atomic mass is 10.2. The molecule has 31 heavy (non-hydrogen) atoms. The number of anilines is 2. The summed E-state index contributed by atoms with van der Waals surface area (Å²) >= 11 is 0. The quantitative estimate of drug-likeness (QED) is 0.632. The maximum atomic E-state index is 12.8. The predicted molar refractivity (Wildman–Crippen MR) is 112 cm³/mol. The van der Waals surface area contributed by atoms with Crippen molar-refractivity contribution in [2.24, 2.45) is 7.05 Å². The summed E-state index contributed by atoms with van der Waals surface area (Å²) in [5.74, 6) is 1.78. The number of fused-ring (bicyclic) bond motifs is 1. The van der Waals surface area contributed by atoms with Gasteiger partial charge >= 0.3 is 0 Å². The Hall–Kier alpha value is -4.01. The van der Waals surface area contributed by atoms with Crippen molar-refractivity contribution in [3.05, 3.63) is 64.6 Å². The Labute approximate surface area is 177 Å². The summed E-state index contributed by atoms with van der Waals surface area (Å²) in [6, 6.07) is 12.4. The molecule has 1 aliphatic heterocycles. The van der Waals surface area contributed by atoms with E-state index in [4.69, 9.17) is 14.2 Å². The van der Waals surface area contributed by atoms with Crippen molar-refractivity contribution in [1.82, 2.24) is 15.1 Å². The Morgan fingerprint density at radius 2 is 2.00 bits per heavy atom. The van der Waals surface area contributed by atoms with E-state index in [1.54, 1.807) is 49.5 Å².